The van der Waals surface area contributed by atoms with Crippen LogP contribution in [0.3, 0.4) is 0 Å². The van der Waals surface area contributed by atoms with Gasteiger partial charge in [-0.25, -0.2) is 9.59 Å². The molecule has 0 saturated heterocycles. The molecule has 0 aliphatic rings. The Bertz CT molecular complexity index is 261. The molecule has 0 aliphatic carbocycles. The van der Waals surface area contributed by atoms with Crippen LogP contribution in [0.5, 0.6) is 0 Å². The molecule has 0 unspecified atom stereocenters. The van der Waals surface area contributed by atoms with Gasteiger partial charge in [0.15, 0.2) is 0 Å². The molecule has 112 valence electrons. The molecule has 0 radical (unpaired) electrons. The predicted molar refractivity (Wildman–Crippen MR) is 76.3 cm³/mol. The van der Waals surface area contributed by atoms with Crippen LogP contribution >= 0.6 is 0 Å². The first-order valence-corrected chi connectivity index (χ1v) is 7.34. The number of carbonyl (C=O) groups is 2. The number of carboxylic acids is 1. The maximum Gasteiger partial charge on any atom is 0.326 e. The van der Waals surface area contributed by atoms with Crippen LogP contribution in [0.1, 0.15) is 59.3 Å². The third kappa shape index (κ3) is 7.70. The minimum Gasteiger partial charge on any atom is -0.480 e. The summed E-state index contributed by atoms with van der Waals surface area (Å²) in [7, 11) is 0. The van der Waals surface area contributed by atoms with Crippen LogP contribution < -0.4 is 5.32 Å². The third-order valence-corrected chi connectivity index (χ3v) is 3.02. The Morgan fingerprint density at radius 2 is 1.58 bits per heavy atom. The third-order valence-electron chi connectivity index (χ3n) is 3.02. The van der Waals surface area contributed by atoms with E-state index in [0.29, 0.717) is 19.5 Å². The van der Waals surface area contributed by atoms with Crippen molar-refractivity contribution in [3.8, 4) is 0 Å². The van der Waals surface area contributed by atoms with Crippen molar-refractivity contribution in [2.24, 2.45) is 0 Å². The van der Waals surface area contributed by atoms with Gasteiger partial charge in [0, 0.05) is 13.1 Å². The Balaban J connectivity index is 4.44. The minimum absolute atomic E-state index is 0.247. The fourth-order valence-electron chi connectivity index (χ4n) is 1.80. The number of hydrogen-bond acceptors (Lipinski definition) is 2. The fraction of sp³-hybridized carbons (Fsp3) is 0.857. The number of nitrogens with zero attached hydrogens (tertiary/aromatic N) is 1. The van der Waals surface area contributed by atoms with E-state index in [0.717, 1.165) is 32.1 Å². The number of unbranched alkanes of at least 4 members (excludes halogenated alkanes) is 2. The molecule has 0 fully saturated rings. The number of nitrogens with one attached hydrogen (secondary N) is 1. The van der Waals surface area contributed by atoms with Gasteiger partial charge in [-0.15, -0.1) is 0 Å². The van der Waals surface area contributed by atoms with Crippen LogP contribution in [0.2, 0.25) is 0 Å². The molecule has 0 aromatic heterocycles. The van der Waals surface area contributed by atoms with Gasteiger partial charge in [-0.3, -0.25) is 0 Å². The highest BCUT2D eigenvalue weighted by atomic mass is 16.4. The van der Waals surface area contributed by atoms with Crippen LogP contribution in [0.25, 0.3) is 0 Å². The van der Waals surface area contributed by atoms with Crippen LogP contribution in [0.4, 0.5) is 4.79 Å². The van der Waals surface area contributed by atoms with Gasteiger partial charge in [0.05, 0.1) is 0 Å². The predicted octanol–water partition coefficient (Wildman–Crippen LogP) is 2.85. The number of carbonyl (C=O) groups excluding carboxylic acids is 1. The van der Waals surface area contributed by atoms with Gasteiger partial charge >= 0.3 is 12.0 Å². The van der Waals surface area contributed by atoms with Crippen LogP contribution in [-0.2, 0) is 4.79 Å². The first-order chi connectivity index (χ1) is 9.06. The lowest BCUT2D eigenvalue weighted by Gasteiger charge is -2.25. The Hall–Kier alpha value is -1.26. The molecule has 0 spiro atoms. The molecule has 2 N–H and O–H groups in total. The average Bonchev–Trinajstić information content (AvgIpc) is 2.38. The van der Waals surface area contributed by atoms with E-state index in [4.69, 9.17) is 5.11 Å². The zero-order valence-electron chi connectivity index (χ0n) is 12.4. The van der Waals surface area contributed by atoms with Gasteiger partial charge in [0.25, 0.3) is 0 Å². The minimum atomic E-state index is -0.957. The van der Waals surface area contributed by atoms with E-state index in [1.165, 1.54) is 0 Å². The zero-order chi connectivity index (χ0) is 14.7. The summed E-state index contributed by atoms with van der Waals surface area (Å²) in [6.07, 6.45) is 5.14. The van der Waals surface area contributed by atoms with Gasteiger partial charge in [-0.2, -0.15) is 0 Å². The van der Waals surface area contributed by atoms with Gasteiger partial charge in [0.1, 0.15) is 6.04 Å². The van der Waals surface area contributed by atoms with Crippen LogP contribution in [0.15, 0.2) is 0 Å². The molecule has 0 bridgehead atoms. The average molecular weight is 272 g/mol. The number of hydrogen-bond donors (Lipinski definition) is 2. The molecule has 0 aliphatic heterocycles. The van der Waals surface area contributed by atoms with Crippen molar-refractivity contribution in [1.29, 1.82) is 0 Å². The SMILES string of the molecule is CCCCN(CCCC)C(=O)N[C@H](CCC)C(=O)O. The van der Waals surface area contributed by atoms with Crippen LogP contribution in [0, 0.1) is 0 Å². The van der Waals surface area contributed by atoms with E-state index in [9.17, 15) is 9.59 Å². The lowest BCUT2D eigenvalue weighted by Crippen LogP contribution is -2.48. The molecular weight excluding hydrogens is 244 g/mol. The van der Waals surface area contributed by atoms with Crippen molar-refractivity contribution in [3.05, 3.63) is 0 Å². The lowest BCUT2D eigenvalue weighted by molar-refractivity contribution is -0.139. The zero-order valence-corrected chi connectivity index (χ0v) is 12.4. The van der Waals surface area contributed by atoms with E-state index in [1.54, 1.807) is 4.90 Å². The number of carboxylic acid groups (broad SMARTS) is 1. The van der Waals surface area contributed by atoms with Crippen molar-refractivity contribution >= 4 is 12.0 Å². The fourth-order valence-corrected chi connectivity index (χ4v) is 1.80. The van der Waals surface area contributed by atoms with Gasteiger partial charge in [-0.1, -0.05) is 40.0 Å². The molecule has 0 heterocycles. The van der Waals surface area contributed by atoms with Crippen molar-refractivity contribution in [3.63, 3.8) is 0 Å². The number of aliphatic carboxylic acids is 1. The summed E-state index contributed by atoms with van der Waals surface area (Å²) in [6.45, 7) is 7.45. The Labute approximate surface area is 116 Å². The van der Waals surface area contributed by atoms with Gasteiger partial charge < -0.3 is 15.3 Å². The summed E-state index contributed by atoms with van der Waals surface area (Å²) in [5.41, 5.74) is 0. The second kappa shape index (κ2) is 10.6. The second-order valence-electron chi connectivity index (χ2n) is 4.82. The topological polar surface area (TPSA) is 69.6 Å². The highest BCUT2D eigenvalue weighted by Crippen LogP contribution is 2.03. The van der Waals surface area contributed by atoms with Gasteiger partial charge in [-0.05, 0) is 19.3 Å². The summed E-state index contributed by atoms with van der Waals surface area (Å²) in [5.74, 6) is -0.957. The maximum atomic E-state index is 12.1. The molecule has 2 amide bonds. The van der Waals surface area contributed by atoms with E-state index >= 15 is 0 Å². The molecule has 0 aromatic carbocycles. The Kier molecular flexibility index (Phi) is 9.94. The van der Waals surface area contributed by atoms with Crippen molar-refractivity contribution in [1.82, 2.24) is 10.2 Å². The quantitative estimate of drug-likeness (QED) is 0.642. The summed E-state index contributed by atoms with van der Waals surface area (Å²) >= 11 is 0. The summed E-state index contributed by atoms with van der Waals surface area (Å²) in [5, 5.41) is 11.7. The second-order valence-corrected chi connectivity index (χ2v) is 4.82. The largest absolute Gasteiger partial charge is 0.480 e. The molecule has 0 aromatic rings. The molecule has 0 rings (SSSR count). The monoisotopic (exact) mass is 272 g/mol. The van der Waals surface area contributed by atoms with E-state index < -0.39 is 12.0 Å². The number of urea groups is 1. The molecule has 1 atom stereocenters. The summed E-state index contributed by atoms with van der Waals surface area (Å²) in [4.78, 5) is 24.9. The molecular formula is C14H28N2O3. The summed E-state index contributed by atoms with van der Waals surface area (Å²) in [6, 6.07) is -1.02. The summed E-state index contributed by atoms with van der Waals surface area (Å²) < 4.78 is 0. The van der Waals surface area contributed by atoms with E-state index in [1.807, 2.05) is 6.92 Å². The number of amides is 2. The highest BCUT2D eigenvalue weighted by molar-refractivity contribution is 5.82. The first kappa shape index (κ1) is 17.7. The normalized spacial score (nSPS) is 11.9. The van der Waals surface area contributed by atoms with E-state index in [2.05, 4.69) is 19.2 Å². The van der Waals surface area contributed by atoms with Crippen molar-refractivity contribution < 1.29 is 14.7 Å². The molecule has 5 nitrogen and oxygen atoms in total. The van der Waals surface area contributed by atoms with Crippen LogP contribution in [-0.4, -0.2) is 41.1 Å². The Morgan fingerprint density at radius 3 is 1.95 bits per heavy atom. The van der Waals surface area contributed by atoms with Crippen molar-refractivity contribution in [2.45, 2.75) is 65.3 Å². The Morgan fingerprint density at radius 1 is 1.05 bits per heavy atom. The standard InChI is InChI=1S/C14H28N2O3/c1-4-7-10-16(11-8-5-2)14(19)15-12(9-6-3)13(17)18/h12H,4-11H2,1-3H3,(H,15,19)(H,17,18)/t12-/m1/s1. The lowest BCUT2D eigenvalue weighted by atomic mass is 10.2. The van der Waals surface area contributed by atoms with E-state index in [-0.39, 0.29) is 6.03 Å². The van der Waals surface area contributed by atoms with Crippen molar-refractivity contribution in [2.75, 3.05) is 13.1 Å². The molecule has 0 saturated carbocycles. The maximum absolute atomic E-state index is 12.1. The molecule has 5 heteroatoms. The highest BCUT2D eigenvalue weighted by Gasteiger charge is 2.21. The number of rotatable bonds is 10. The van der Waals surface area contributed by atoms with Gasteiger partial charge in [0.2, 0.25) is 0 Å². The first-order valence-electron chi connectivity index (χ1n) is 7.34. The molecule has 19 heavy (non-hydrogen) atoms. The smallest absolute Gasteiger partial charge is 0.326 e.